The zero-order chi connectivity index (χ0) is 25.8. The van der Waals surface area contributed by atoms with Crippen molar-refractivity contribution in [2.75, 3.05) is 19.0 Å². The van der Waals surface area contributed by atoms with Crippen molar-refractivity contribution >= 4 is 27.5 Å². The van der Waals surface area contributed by atoms with Crippen molar-refractivity contribution in [3.8, 4) is 16.8 Å². The Hall–Kier alpha value is -3.52. The van der Waals surface area contributed by atoms with Crippen molar-refractivity contribution in [2.45, 2.75) is 52.4 Å². The Morgan fingerprint density at radius 3 is 1.69 bits per heavy atom. The lowest BCUT2D eigenvalue weighted by molar-refractivity contribution is 0.569. The van der Waals surface area contributed by atoms with Crippen LogP contribution < -0.4 is 4.90 Å². The summed E-state index contributed by atoms with van der Waals surface area (Å²) in [6.45, 7) is 13.9. The van der Waals surface area contributed by atoms with E-state index in [0.717, 1.165) is 0 Å². The van der Waals surface area contributed by atoms with E-state index in [0.29, 0.717) is 0 Å². The van der Waals surface area contributed by atoms with Gasteiger partial charge in [-0.1, -0.05) is 96.1 Å². The Kier molecular flexibility index (Phi) is 5.75. The van der Waals surface area contributed by atoms with Gasteiger partial charge in [-0.05, 0) is 63.4 Å². The fourth-order valence-electron chi connectivity index (χ4n) is 5.21. The van der Waals surface area contributed by atoms with Crippen LogP contribution in [0.2, 0.25) is 0 Å². The minimum atomic E-state index is 0.0662. The number of fused-ring (bicyclic) bond motifs is 3. The highest BCUT2D eigenvalue weighted by Crippen LogP contribution is 2.43. The van der Waals surface area contributed by atoms with E-state index in [1.54, 1.807) is 0 Å². The fraction of sp³-hybridized carbons (Fsp3) is 0.294. The standard InChI is InChI=1S/C34H38N2/c1-33(2,3)24-20-23(21-25(22-24)34(4,5)6)27-16-12-18-29-31(27)32-28(35(7)8)17-13-19-30(32)36(29)26-14-10-9-11-15-26/h9-22H,1-8H3. The van der Waals surface area contributed by atoms with E-state index in [1.165, 1.54) is 55.4 Å². The van der Waals surface area contributed by atoms with Crippen LogP contribution in [-0.4, -0.2) is 18.7 Å². The molecule has 2 nitrogen and oxygen atoms in total. The van der Waals surface area contributed by atoms with Crippen LogP contribution in [-0.2, 0) is 10.8 Å². The van der Waals surface area contributed by atoms with Crippen molar-refractivity contribution in [3.63, 3.8) is 0 Å². The molecule has 0 N–H and O–H groups in total. The smallest absolute Gasteiger partial charge is 0.0562 e. The zero-order valence-electron chi connectivity index (χ0n) is 23.0. The molecule has 0 aliphatic rings. The first-order valence-corrected chi connectivity index (χ1v) is 12.9. The molecule has 0 unspecified atom stereocenters. The topological polar surface area (TPSA) is 8.17 Å². The van der Waals surface area contributed by atoms with Crippen LogP contribution in [0.25, 0.3) is 38.6 Å². The third kappa shape index (κ3) is 4.09. The van der Waals surface area contributed by atoms with E-state index in [-0.39, 0.29) is 10.8 Å². The minimum Gasteiger partial charge on any atom is -0.377 e. The van der Waals surface area contributed by atoms with E-state index in [2.05, 4.69) is 150 Å². The Bertz CT molecular complexity index is 1520. The zero-order valence-corrected chi connectivity index (χ0v) is 23.0. The maximum Gasteiger partial charge on any atom is 0.0562 e. The van der Waals surface area contributed by atoms with Gasteiger partial charge in [-0.15, -0.1) is 0 Å². The number of hydrogen-bond acceptors (Lipinski definition) is 1. The minimum absolute atomic E-state index is 0.0662. The van der Waals surface area contributed by atoms with Gasteiger partial charge >= 0.3 is 0 Å². The quantitative estimate of drug-likeness (QED) is 0.253. The van der Waals surface area contributed by atoms with Crippen molar-refractivity contribution in [1.29, 1.82) is 0 Å². The monoisotopic (exact) mass is 474 g/mol. The maximum atomic E-state index is 2.42. The van der Waals surface area contributed by atoms with Gasteiger partial charge in [0.05, 0.1) is 11.0 Å². The van der Waals surface area contributed by atoms with Gasteiger partial charge in [-0.2, -0.15) is 0 Å². The summed E-state index contributed by atoms with van der Waals surface area (Å²) in [6.07, 6.45) is 0. The average molecular weight is 475 g/mol. The van der Waals surface area contributed by atoms with Crippen molar-refractivity contribution in [3.05, 3.63) is 96.1 Å². The Morgan fingerprint density at radius 2 is 1.14 bits per heavy atom. The Morgan fingerprint density at radius 1 is 0.583 bits per heavy atom. The second-order valence-corrected chi connectivity index (χ2v) is 12.2. The summed E-state index contributed by atoms with van der Waals surface area (Å²) in [7, 11) is 4.28. The summed E-state index contributed by atoms with van der Waals surface area (Å²) in [5.74, 6) is 0. The molecule has 0 spiro atoms. The van der Waals surface area contributed by atoms with Gasteiger partial charge in [0.2, 0.25) is 0 Å². The van der Waals surface area contributed by atoms with E-state index in [9.17, 15) is 0 Å². The second kappa shape index (κ2) is 8.55. The van der Waals surface area contributed by atoms with Crippen LogP contribution in [0, 0.1) is 0 Å². The van der Waals surface area contributed by atoms with E-state index >= 15 is 0 Å². The molecule has 0 atom stereocenters. The lowest BCUT2D eigenvalue weighted by Crippen LogP contribution is -2.16. The number of aromatic nitrogens is 1. The van der Waals surface area contributed by atoms with Crippen LogP contribution in [0.5, 0.6) is 0 Å². The number of anilines is 1. The second-order valence-electron chi connectivity index (χ2n) is 12.2. The van der Waals surface area contributed by atoms with Crippen molar-refractivity contribution in [1.82, 2.24) is 4.57 Å². The summed E-state index contributed by atoms with van der Waals surface area (Å²) in [5.41, 5.74) is 10.4. The summed E-state index contributed by atoms with van der Waals surface area (Å²) in [5, 5.41) is 2.61. The predicted molar refractivity (Wildman–Crippen MR) is 158 cm³/mol. The number of rotatable bonds is 3. The van der Waals surface area contributed by atoms with Crippen molar-refractivity contribution < 1.29 is 0 Å². The first-order chi connectivity index (χ1) is 17.0. The molecule has 1 aromatic heterocycles. The molecule has 0 saturated heterocycles. The van der Waals surface area contributed by atoms with E-state index in [1.807, 2.05) is 0 Å². The first-order valence-electron chi connectivity index (χ1n) is 12.9. The molecular formula is C34H38N2. The molecular weight excluding hydrogens is 436 g/mol. The molecule has 0 aliphatic carbocycles. The Labute approximate surface area is 216 Å². The van der Waals surface area contributed by atoms with Crippen LogP contribution in [0.15, 0.2) is 84.9 Å². The highest BCUT2D eigenvalue weighted by Gasteiger charge is 2.23. The summed E-state index contributed by atoms with van der Waals surface area (Å²) in [6, 6.07) is 31.4. The molecule has 0 fully saturated rings. The van der Waals surface area contributed by atoms with Crippen molar-refractivity contribution in [2.24, 2.45) is 0 Å². The molecule has 5 aromatic rings. The van der Waals surface area contributed by atoms with Gasteiger partial charge in [-0.25, -0.2) is 0 Å². The highest BCUT2D eigenvalue weighted by atomic mass is 15.1. The fourth-order valence-corrected chi connectivity index (χ4v) is 5.21. The molecule has 1 heterocycles. The molecule has 0 saturated carbocycles. The molecule has 2 heteroatoms. The normalized spacial score (nSPS) is 12.4. The lowest BCUT2D eigenvalue weighted by Gasteiger charge is -2.26. The molecule has 0 radical (unpaired) electrons. The van der Waals surface area contributed by atoms with Crippen LogP contribution in [0.3, 0.4) is 0 Å². The van der Waals surface area contributed by atoms with Gasteiger partial charge in [0.15, 0.2) is 0 Å². The van der Waals surface area contributed by atoms with E-state index in [4.69, 9.17) is 0 Å². The van der Waals surface area contributed by atoms with Crippen LogP contribution in [0.4, 0.5) is 5.69 Å². The number of para-hydroxylation sites is 1. The molecule has 184 valence electrons. The first kappa shape index (κ1) is 24.2. The molecule has 0 bridgehead atoms. The van der Waals surface area contributed by atoms with Gasteiger partial charge in [0, 0.05) is 36.2 Å². The summed E-state index contributed by atoms with van der Waals surface area (Å²) in [4.78, 5) is 2.24. The third-order valence-corrected chi connectivity index (χ3v) is 7.27. The third-order valence-electron chi connectivity index (χ3n) is 7.27. The maximum absolute atomic E-state index is 2.42. The SMILES string of the molecule is CN(C)c1cccc2c1c1c(-c3cc(C(C)(C)C)cc(C(C)(C)C)c3)cccc1n2-c1ccccc1. The molecule has 0 amide bonds. The van der Waals surface area contributed by atoms with Gasteiger partial charge in [-0.3, -0.25) is 0 Å². The largest absolute Gasteiger partial charge is 0.377 e. The van der Waals surface area contributed by atoms with Gasteiger partial charge in [0.25, 0.3) is 0 Å². The van der Waals surface area contributed by atoms with Crippen LogP contribution in [0.1, 0.15) is 52.7 Å². The molecule has 36 heavy (non-hydrogen) atoms. The predicted octanol–water partition coefficient (Wildman–Crippen LogP) is 9.11. The summed E-state index contributed by atoms with van der Waals surface area (Å²) >= 11 is 0. The van der Waals surface area contributed by atoms with Gasteiger partial charge < -0.3 is 9.47 Å². The molecule has 0 aliphatic heterocycles. The number of benzene rings is 4. The number of nitrogens with zero attached hydrogens (tertiary/aromatic N) is 2. The van der Waals surface area contributed by atoms with Gasteiger partial charge in [0.1, 0.15) is 0 Å². The van der Waals surface area contributed by atoms with Crippen LogP contribution >= 0.6 is 0 Å². The average Bonchev–Trinajstić information content (AvgIpc) is 3.17. The molecule has 5 rings (SSSR count). The van der Waals surface area contributed by atoms with E-state index < -0.39 is 0 Å². The molecule has 4 aromatic carbocycles. The highest BCUT2D eigenvalue weighted by molar-refractivity contribution is 6.20. The lowest BCUT2D eigenvalue weighted by atomic mass is 9.78. The number of hydrogen-bond donors (Lipinski definition) is 0. The summed E-state index contributed by atoms with van der Waals surface area (Å²) < 4.78 is 2.42. The Balaban J connectivity index is 1.95.